The monoisotopic (exact) mass is 552 g/mol. The third-order valence-electron chi connectivity index (χ3n) is 7.30. The fourth-order valence-corrected chi connectivity index (χ4v) is 4.61. The van der Waals surface area contributed by atoms with Crippen LogP contribution < -0.4 is 10.6 Å². The number of hydrogen-bond acceptors (Lipinski definition) is 10. The smallest absolute Gasteiger partial charge is 0.317 e. The first-order valence-electron chi connectivity index (χ1n) is 13.0. The molecule has 2 aromatic heterocycles. The average Bonchev–Trinajstić information content (AvgIpc) is 3.63. The third kappa shape index (κ3) is 5.03. The highest BCUT2D eigenvalue weighted by Gasteiger charge is 2.55. The number of nitrogens with zero attached hydrogens (tertiary/aromatic N) is 4. The van der Waals surface area contributed by atoms with Gasteiger partial charge in [0.2, 0.25) is 12.2 Å². The lowest BCUT2D eigenvalue weighted by Crippen LogP contribution is -2.47. The number of imidazole rings is 1. The zero-order valence-electron chi connectivity index (χ0n) is 21.9. The summed E-state index contributed by atoms with van der Waals surface area (Å²) in [4.78, 5) is 43.8. The predicted octanol–water partition coefficient (Wildman–Crippen LogP) is 2.12. The van der Waals surface area contributed by atoms with Gasteiger partial charge in [0, 0.05) is 37.7 Å². The third-order valence-corrected chi connectivity index (χ3v) is 7.30. The average molecular weight is 553 g/mol. The second-order valence-corrected chi connectivity index (χ2v) is 10.5. The molecule has 3 aliphatic rings. The summed E-state index contributed by atoms with van der Waals surface area (Å²) in [5.41, 5.74) is 5.39. The van der Waals surface area contributed by atoms with Gasteiger partial charge in [-0.15, -0.1) is 0 Å². The summed E-state index contributed by atoms with van der Waals surface area (Å²) in [7, 11) is 0. The van der Waals surface area contributed by atoms with Crippen LogP contribution in [0.15, 0.2) is 36.5 Å². The lowest BCUT2D eigenvalue weighted by Gasteiger charge is -2.35. The number of benzene rings is 1. The number of H-pyrrole nitrogens is 1. The molecule has 0 spiro atoms. The fourth-order valence-electron chi connectivity index (χ4n) is 4.61. The minimum absolute atomic E-state index is 0.0259. The van der Waals surface area contributed by atoms with Crippen molar-refractivity contribution in [2.75, 3.05) is 44.4 Å². The van der Waals surface area contributed by atoms with Crippen molar-refractivity contribution in [1.29, 1.82) is 0 Å². The van der Waals surface area contributed by atoms with E-state index in [1.54, 1.807) is 31.3 Å². The Morgan fingerprint density at radius 1 is 1.10 bits per heavy atom. The molecule has 6 rings (SSSR count). The van der Waals surface area contributed by atoms with E-state index in [0.717, 1.165) is 0 Å². The van der Waals surface area contributed by atoms with Crippen LogP contribution in [0.1, 0.15) is 31.9 Å². The molecule has 210 valence electrons. The number of hydrogen-bond donors (Lipinski definition) is 2. The standard InChI is InChI=1S/C27H29FN6O6/c1-26(24(36)40-27(7-8-27)23(29)35)14-38-22(39-15-26)21-32-19(16-2-4-17(28)5-3-16)20(33-21)18-6-9-30-25(31-18)34-10-12-37-13-11-34/h2-6,9,22H,7-8,10-15H2,1H3,(H2,29,35)(H,32,33). The molecule has 0 bridgehead atoms. The number of esters is 1. The molecule has 1 saturated carbocycles. The molecule has 3 aromatic rings. The number of primary amides is 1. The van der Waals surface area contributed by atoms with Crippen LogP contribution in [0.5, 0.6) is 0 Å². The molecule has 1 aromatic carbocycles. The van der Waals surface area contributed by atoms with Crippen molar-refractivity contribution < 1.29 is 32.9 Å². The maximum Gasteiger partial charge on any atom is 0.317 e. The van der Waals surface area contributed by atoms with Gasteiger partial charge in [-0.3, -0.25) is 9.59 Å². The maximum atomic E-state index is 13.7. The Morgan fingerprint density at radius 2 is 1.80 bits per heavy atom. The van der Waals surface area contributed by atoms with E-state index in [2.05, 4.69) is 9.97 Å². The molecule has 12 nitrogen and oxygen atoms in total. The number of aromatic nitrogens is 4. The summed E-state index contributed by atoms with van der Waals surface area (Å²) in [6.45, 7) is 4.13. The number of rotatable bonds is 7. The van der Waals surface area contributed by atoms with E-state index in [1.165, 1.54) is 12.1 Å². The Balaban J connectivity index is 1.26. The van der Waals surface area contributed by atoms with Crippen LogP contribution in [0.3, 0.4) is 0 Å². The molecule has 0 radical (unpaired) electrons. The van der Waals surface area contributed by atoms with Gasteiger partial charge >= 0.3 is 5.97 Å². The first kappa shape index (κ1) is 26.3. The summed E-state index contributed by atoms with van der Waals surface area (Å²) >= 11 is 0. The zero-order chi connectivity index (χ0) is 27.9. The van der Waals surface area contributed by atoms with Gasteiger partial charge in [0.1, 0.15) is 11.2 Å². The lowest BCUT2D eigenvalue weighted by molar-refractivity contribution is -0.240. The Morgan fingerprint density at radius 3 is 2.45 bits per heavy atom. The number of halogens is 1. The highest BCUT2D eigenvalue weighted by atomic mass is 19.1. The molecule has 4 heterocycles. The number of aromatic amines is 1. The van der Waals surface area contributed by atoms with Gasteiger partial charge in [0.15, 0.2) is 11.4 Å². The SMILES string of the molecule is CC1(C(=O)OC2(C(N)=O)CC2)COC(c2nc(-c3ccc(F)cc3)c(-c3ccnc(N4CCOCC4)n3)[nH]2)OC1. The Labute approximate surface area is 229 Å². The number of nitrogens with one attached hydrogen (secondary N) is 1. The Hall–Kier alpha value is -3.94. The molecule has 0 unspecified atom stereocenters. The van der Waals surface area contributed by atoms with Crippen molar-refractivity contribution >= 4 is 17.8 Å². The molecule has 3 N–H and O–H groups in total. The van der Waals surface area contributed by atoms with Crippen molar-refractivity contribution in [2.45, 2.75) is 31.7 Å². The minimum Gasteiger partial charge on any atom is -0.448 e. The molecule has 40 heavy (non-hydrogen) atoms. The number of amides is 1. The quantitative estimate of drug-likeness (QED) is 0.417. The van der Waals surface area contributed by atoms with Crippen LogP contribution in [-0.2, 0) is 28.5 Å². The minimum atomic E-state index is -1.23. The molecule has 3 fully saturated rings. The summed E-state index contributed by atoms with van der Waals surface area (Å²) in [6.07, 6.45) is 1.57. The summed E-state index contributed by atoms with van der Waals surface area (Å²) < 4.78 is 36.4. The van der Waals surface area contributed by atoms with Crippen LogP contribution >= 0.6 is 0 Å². The van der Waals surface area contributed by atoms with Crippen LogP contribution in [0, 0.1) is 11.2 Å². The van der Waals surface area contributed by atoms with E-state index >= 15 is 0 Å². The van der Waals surface area contributed by atoms with Crippen molar-refractivity contribution in [3.63, 3.8) is 0 Å². The van der Waals surface area contributed by atoms with Gasteiger partial charge in [-0.1, -0.05) is 0 Å². The normalized spacial score (nSPS) is 23.9. The number of morpholine rings is 1. The molecular formula is C27H29FN6O6. The molecule has 1 aliphatic carbocycles. The number of carbonyl (C=O) groups excluding carboxylic acids is 2. The van der Waals surface area contributed by atoms with Gasteiger partial charge in [-0.2, -0.15) is 0 Å². The van der Waals surface area contributed by atoms with Crippen LogP contribution in [0.2, 0.25) is 0 Å². The van der Waals surface area contributed by atoms with E-state index in [1.807, 2.05) is 4.90 Å². The predicted molar refractivity (Wildman–Crippen MR) is 138 cm³/mol. The van der Waals surface area contributed by atoms with Gasteiger partial charge in [-0.25, -0.2) is 19.3 Å². The van der Waals surface area contributed by atoms with Crippen molar-refractivity contribution in [2.24, 2.45) is 11.1 Å². The molecule has 2 saturated heterocycles. The molecular weight excluding hydrogens is 523 g/mol. The van der Waals surface area contributed by atoms with Crippen LogP contribution in [0.4, 0.5) is 10.3 Å². The van der Waals surface area contributed by atoms with Gasteiger partial charge in [0.05, 0.1) is 43.5 Å². The lowest BCUT2D eigenvalue weighted by atomic mass is 9.92. The largest absolute Gasteiger partial charge is 0.448 e. The van der Waals surface area contributed by atoms with Crippen LogP contribution in [-0.4, -0.2) is 76.9 Å². The number of anilines is 1. The van der Waals surface area contributed by atoms with E-state index in [-0.39, 0.29) is 19.0 Å². The Bertz CT molecular complexity index is 1410. The van der Waals surface area contributed by atoms with E-state index < -0.39 is 29.2 Å². The fraction of sp³-hybridized carbons (Fsp3) is 0.444. The summed E-state index contributed by atoms with van der Waals surface area (Å²) in [5, 5.41) is 0. The van der Waals surface area contributed by atoms with Gasteiger partial charge in [0.25, 0.3) is 5.91 Å². The van der Waals surface area contributed by atoms with Gasteiger partial charge in [-0.05, 0) is 37.3 Å². The van der Waals surface area contributed by atoms with Crippen molar-refractivity contribution in [1.82, 2.24) is 19.9 Å². The molecule has 1 amide bonds. The summed E-state index contributed by atoms with van der Waals surface area (Å²) in [5.74, 6) is -0.714. The Kier molecular flexibility index (Phi) is 6.72. The van der Waals surface area contributed by atoms with E-state index in [0.29, 0.717) is 73.6 Å². The van der Waals surface area contributed by atoms with E-state index in [4.69, 9.17) is 34.6 Å². The topological polar surface area (TPSA) is 155 Å². The van der Waals surface area contributed by atoms with E-state index in [9.17, 15) is 14.0 Å². The second kappa shape index (κ2) is 10.2. The maximum absolute atomic E-state index is 13.7. The second-order valence-electron chi connectivity index (χ2n) is 10.5. The highest BCUT2D eigenvalue weighted by molar-refractivity contribution is 5.90. The van der Waals surface area contributed by atoms with Gasteiger partial charge < -0.3 is 34.6 Å². The highest BCUT2D eigenvalue weighted by Crippen LogP contribution is 2.42. The zero-order valence-corrected chi connectivity index (χ0v) is 21.9. The summed E-state index contributed by atoms with van der Waals surface area (Å²) in [6, 6.07) is 7.73. The van der Waals surface area contributed by atoms with Crippen LogP contribution in [0.25, 0.3) is 22.6 Å². The van der Waals surface area contributed by atoms with Crippen molar-refractivity contribution in [3.8, 4) is 22.6 Å². The molecule has 0 atom stereocenters. The molecule has 13 heteroatoms. The first-order chi connectivity index (χ1) is 19.3. The number of nitrogens with two attached hydrogens (primary N) is 1. The van der Waals surface area contributed by atoms with Crippen molar-refractivity contribution in [3.05, 3.63) is 48.2 Å². The number of carbonyl (C=O) groups is 2. The number of ether oxygens (including phenoxy) is 4. The first-order valence-corrected chi connectivity index (χ1v) is 13.0. The molecule has 2 aliphatic heterocycles.